The number of Topliss-reactive ketones (excluding diaryl/α,β-unsaturated/α-hetero) is 1. The molecule has 4 saturated heterocycles. The standard InChI is InChI=1S/C44H72N2O12/c1-10-23-52-40(49)29(11-2)31-15-14-16-34(54-31)36(45)38(48)27(7)37(47)30(12-3)39-25(5)24-26(6)43(57-39)22-19-35(55-41(50)46-9)44(58-43)21-18-33(56-44)32-17-20-42(51,13-4)28(8)53-32/h10,19,22,25-36,38-39,48,51H,1,11-18,20-21,23-24,45H2,2-9H3,(H,46,50)/t25-,26+,27+,28-,29+,30-,31+,32+,33?,34+,35+,36+,38+,39-,42+,43-,44-/m0/s1. The molecule has 17 atom stereocenters. The van der Waals surface area contributed by atoms with Crippen LogP contribution in [-0.2, 0) is 42.7 Å². The highest BCUT2D eigenvalue weighted by molar-refractivity contribution is 5.84. The van der Waals surface area contributed by atoms with E-state index in [9.17, 15) is 24.6 Å². The van der Waals surface area contributed by atoms with E-state index in [1.54, 1.807) is 19.1 Å². The Bertz CT molecular complexity index is 1460. The number of amides is 1. The van der Waals surface area contributed by atoms with Gasteiger partial charge in [0.15, 0.2) is 11.9 Å². The summed E-state index contributed by atoms with van der Waals surface area (Å²) in [7, 11) is 1.49. The summed E-state index contributed by atoms with van der Waals surface area (Å²) in [4.78, 5) is 39.9. The lowest BCUT2D eigenvalue weighted by Crippen LogP contribution is -2.63. The molecule has 2 spiro atoms. The van der Waals surface area contributed by atoms with Crippen molar-refractivity contribution >= 4 is 17.8 Å². The lowest BCUT2D eigenvalue weighted by molar-refractivity contribution is -0.400. The summed E-state index contributed by atoms with van der Waals surface area (Å²) in [6, 6.07) is -0.863. The van der Waals surface area contributed by atoms with Crippen LogP contribution in [0.1, 0.15) is 119 Å². The zero-order valence-corrected chi connectivity index (χ0v) is 36.1. The molecule has 1 unspecified atom stereocenters. The quantitative estimate of drug-likeness (QED) is 0.124. The predicted octanol–water partition coefficient (Wildman–Crippen LogP) is 5.25. The van der Waals surface area contributed by atoms with E-state index in [0.717, 1.165) is 6.42 Å². The largest absolute Gasteiger partial charge is 0.461 e. The monoisotopic (exact) mass is 821 g/mol. The highest BCUT2D eigenvalue weighted by Gasteiger charge is 2.61. The zero-order valence-electron chi connectivity index (χ0n) is 36.1. The van der Waals surface area contributed by atoms with Crippen molar-refractivity contribution < 1.29 is 57.8 Å². The summed E-state index contributed by atoms with van der Waals surface area (Å²) in [6.45, 7) is 17.3. The Morgan fingerprint density at radius 3 is 2.33 bits per heavy atom. The van der Waals surface area contributed by atoms with Crippen molar-refractivity contribution in [2.45, 2.75) is 191 Å². The molecule has 5 N–H and O–H groups in total. The molecular formula is C44H72N2O12. The molecular weight excluding hydrogens is 748 g/mol. The summed E-state index contributed by atoms with van der Waals surface area (Å²) in [5.74, 6) is -5.32. The maximum Gasteiger partial charge on any atom is 0.407 e. The minimum atomic E-state index is -1.39. The molecule has 0 aromatic rings. The lowest BCUT2D eigenvalue weighted by atomic mass is 9.73. The van der Waals surface area contributed by atoms with E-state index in [4.69, 9.17) is 38.9 Å². The number of ether oxygens (including phenoxy) is 7. The van der Waals surface area contributed by atoms with Gasteiger partial charge in [-0.15, -0.1) is 0 Å². The minimum Gasteiger partial charge on any atom is -0.461 e. The summed E-state index contributed by atoms with van der Waals surface area (Å²) in [5, 5.41) is 25.2. The number of rotatable bonds is 15. The van der Waals surface area contributed by atoms with Crippen molar-refractivity contribution in [3.63, 3.8) is 0 Å². The number of hydrogen-bond acceptors (Lipinski definition) is 13. The maximum absolute atomic E-state index is 14.5. The Morgan fingerprint density at radius 1 is 1.00 bits per heavy atom. The van der Waals surface area contributed by atoms with Crippen LogP contribution in [0.5, 0.6) is 0 Å². The Kier molecular flexibility index (Phi) is 15.7. The summed E-state index contributed by atoms with van der Waals surface area (Å²) < 4.78 is 44.7. The normalized spacial score (nSPS) is 40.3. The van der Waals surface area contributed by atoms with Gasteiger partial charge in [0.2, 0.25) is 5.79 Å². The van der Waals surface area contributed by atoms with Crippen molar-refractivity contribution in [2.75, 3.05) is 13.7 Å². The Morgan fingerprint density at radius 2 is 1.69 bits per heavy atom. The van der Waals surface area contributed by atoms with Crippen molar-refractivity contribution in [2.24, 2.45) is 35.3 Å². The average molecular weight is 821 g/mol. The fraction of sp³-hybridized carbons (Fsp3) is 0.841. The first-order valence-electron chi connectivity index (χ1n) is 21.9. The number of hydrogen-bond donors (Lipinski definition) is 4. The van der Waals surface area contributed by atoms with Crippen LogP contribution >= 0.6 is 0 Å². The molecule has 0 aromatic carbocycles. The van der Waals surface area contributed by atoms with Gasteiger partial charge in [-0.3, -0.25) is 9.59 Å². The Labute approximate surface area is 345 Å². The average Bonchev–Trinajstić information content (AvgIpc) is 3.64. The van der Waals surface area contributed by atoms with Crippen molar-refractivity contribution in [1.82, 2.24) is 5.32 Å². The van der Waals surface area contributed by atoms with Crippen molar-refractivity contribution in [3.05, 3.63) is 24.8 Å². The van der Waals surface area contributed by atoms with Gasteiger partial charge < -0.3 is 54.4 Å². The summed E-state index contributed by atoms with van der Waals surface area (Å²) in [5.41, 5.74) is 5.79. The third kappa shape index (κ3) is 9.54. The molecule has 0 aliphatic carbocycles. The number of ketones is 1. The van der Waals surface area contributed by atoms with Crippen molar-refractivity contribution in [3.8, 4) is 0 Å². The van der Waals surface area contributed by atoms with Crippen LogP contribution in [0.2, 0.25) is 0 Å². The molecule has 5 rings (SSSR count). The molecule has 330 valence electrons. The van der Waals surface area contributed by atoms with Crippen LogP contribution in [-0.4, -0.2) is 114 Å². The van der Waals surface area contributed by atoms with Gasteiger partial charge in [-0.25, -0.2) is 4.79 Å². The second-order valence-electron chi connectivity index (χ2n) is 17.6. The minimum absolute atomic E-state index is 0.0405. The number of nitrogens with one attached hydrogen (secondary N) is 1. The smallest absolute Gasteiger partial charge is 0.407 e. The van der Waals surface area contributed by atoms with Gasteiger partial charge in [0.1, 0.15) is 12.4 Å². The van der Waals surface area contributed by atoms with E-state index in [0.29, 0.717) is 64.2 Å². The first-order chi connectivity index (χ1) is 27.5. The van der Waals surface area contributed by atoms with Crippen LogP contribution in [0.25, 0.3) is 0 Å². The van der Waals surface area contributed by atoms with E-state index in [2.05, 4.69) is 18.8 Å². The maximum atomic E-state index is 14.5. The predicted molar refractivity (Wildman–Crippen MR) is 215 cm³/mol. The second kappa shape index (κ2) is 19.5. The van der Waals surface area contributed by atoms with E-state index in [-0.39, 0.29) is 48.5 Å². The number of nitrogens with two attached hydrogens (primary N) is 1. The summed E-state index contributed by atoms with van der Waals surface area (Å²) >= 11 is 0. The van der Waals surface area contributed by atoms with Gasteiger partial charge in [0, 0.05) is 31.2 Å². The lowest BCUT2D eigenvalue weighted by Gasteiger charge is -2.54. The SMILES string of the molecule is C=CCOC(=O)[C@H](CC)[C@H]1CCC[C@H]([C@@H](N)[C@H](O)[C@H](C)C(=O)[C@H](CC)[C@H]2O[C@]3(C=C[C@@H](OC(=O)NC)[C@]4(CCC([C@H]5CC[C@](O)(CC)[C@H](C)O5)O4)O3)[C@H](C)C[C@@H]2C)O1. The van der Waals surface area contributed by atoms with E-state index < -0.39 is 77.6 Å². The number of aliphatic hydroxyl groups excluding tert-OH is 1. The highest BCUT2D eigenvalue weighted by Crippen LogP contribution is 2.52. The Balaban J connectivity index is 1.32. The number of esters is 1. The molecule has 0 saturated carbocycles. The fourth-order valence-electron chi connectivity index (χ4n) is 10.1. The molecule has 4 fully saturated rings. The highest BCUT2D eigenvalue weighted by atomic mass is 16.8. The van der Waals surface area contributed by atoms with Crippen molar-refractivity contribution in [1.29, 1.82) is 0 Å². The van der Waals surface area contributed by atoms with E-state index in [1.807, 2.05) is 34.6 Å². The zero-order chi connectivity index (χ0) is 42.6. The summed E-state index contributed by atoms with van der Waals surface area (Å²) in [6.07, 6.45) is 6.21. The van der Waals surface area contributed by atoms with Crippen LogP contribution in [0.15, 0.2) is 24.8 Å². The third-order valence-electron chi connectivity index (χ3n) is 14.0. The fourth-order valence-corrected chi connectivity index (χ4v) is 10.1. The molecule has 14 nitrogen and oxygen atoms in total. The number of carbonyl (C=O) groups excluding carboxylic acids is 3. The first kappa shape index (κ1) is 46.6. The van der Waals surface area contributed by atoms with Crippen LogP contribution < -0.4 is 11.1 Å². The number of aliphatic hydroxyl groups is 2. The first-order valence-corrected chi connectivity index (χ1v) is 21.9. The van der Waals surface area contributed by atoms with Crippen LogP contribution in [0, 0.1) is 29.6 Å². The number of carbonyl (C=O) groups is 3. The molecule has 5 heterocycles. The van der Waals surface area contributed by atoms with Crippen LogP contribution in [0.4, 0.5) is 4.79 Å². The number of alkyl carbamates (subject to hydrolysis) is 1. The van der Waals surface area contributed by atoms with Gasteiger partial charge >= 0.3 is 12.1 Å². The van der Waals surface area contributed by atoms with Gasteiger partial charge in [0.25, 0.3) is 0 Å². The molecule has 5 aliphatic heterocycles. The van der Waals surface area contributed by atoms with E-state index >= 15 is 0 Å². The van der Waals surface area contributed by atoms with Gasteiger partial charge in [0.05, 0.1) is 60.3 Å². The van der Waals surface area contributed by atoms with Gasteiger partial charge in [-0.2, -0.15) is 0 Å². The topological polar surface area (TPSA) is 194 Å². The Hall–Kier alpha value is -2.43. The molecule has 14 heteroatoms. The molecule has 0 aromatic heterocycles. The van der Waals surface area contributed by atoms with Crippen LogP contribution in [0.3, 0.4) is 0 Å². The molecule has 1 amide bonds. The molecule has 0 bridgehead atoms. The molecule has 0 radical (unpaired) electrons. The molecule has 58 heavy (non-hydrogen) atoms. The van der Waals surface area contributed by atoms with Gasteiger partial charge in [-0.05, 0) is 89.2 Å². The van der Waals surface area contributed by atoms with E-state index in [1.165, 1.54) is 13.1 Å². The second-order valence-corrected chi connectivity index (χ2v) is 17.6. The van der Waals surface area contributed by atoms with Gasteiger partial charge in [-0.1, -0.05) is 54.2 Å². The molecule has 5 aliphatic rings. The third-order valence-corrected chi connectivity index (χ3v) is 14.0.